The van der Waals surface area contributed by atoms with Gasteiger partial charge in [-0.15, -0.1) is 0 Å². The molecule has 1 aliphatic rings. The van der Waals surface area contributed by atoms with E-state index in [1.165, 1.54) is 0 Å². The van der Waals surface area contributed by atoms with E-state index >= 15 is 0 Å². The third-order valence-electron chi connectivity index (χ3n) is 1.98. The van der Waals surface area contributed by atoms with E-state index in [0.717, 1.165) is 17.3 Å². The minimum atomic E-state index is -0.376. The Bertz CT molecular complexity index is 526. The first-order valence-electron chi connectivity index (χ1n) is 4.44. The summed E-state index contributed by atoms with van der Waals surface area (Å²) < 4.78 is 0. The Morgan fingerprint density at radius 2 is 1.94 bits per heavy atom. The molecule has 0 spiro atoms. The highest BCUT2D eigenvalue weighted by molar-refractivity contribution is 8.18. The van der Waals surface area contributed by atoms with Gasteiger partial charge in [0.2, 0.25) is 0 Å². The minimum Gasteiger partial charge on any atom is -0.282 e. The van der Waals surface area contributed by atoms with Crippen molar-refractivity contribution < 1.29 is 9.59 Å². The molecule has 0 saturated carbocycles. The van der Waals surface area contributed by atoms with E-state index in [9.17, 15) is 9.59 Å². The van der Waals surface area contributed by atoms with Crippen molar-refractivity contribution in [2.75, 3.05) is 0 Å². The van der Waals surface area contributed by atoms with Gasteiger partial charge in [-0.3, -0.25) is 14.9 Å². The van der Waals surface area contributed by atoms with Gasteiger partial charge in [-0.2, -0.15) is 5.26 Å². The number of hydrogen-bond acceptors (Lipinski definition) is 4. The van der Waals surface area contributed by atoms with Crippen LogP contribution in [0.5, 0.6) is 0 Å². The summed E-state index contributed by atoms with van der Waals surface area (Å²) in [6.45, 7) is 0. The summed E-state index contributed by atoms with van der Waals surface area (Å²) >= 11 is 0.875. The molecule has 1 aromatic carbocycles. The monoisotopic (exact) mass is 230 g/mol. The first kappa shape index (κ1) is 10.5. The van der Waals surface area contributed by atoms with Crippen LogP contribution in [0.25, 0.3) is 6.08 Å². The Kier molecular flexibility index (Phi) is 2.75. The quantitative estimate of drug-likeness (QED) is 0.748. The lowest BCUT2D eigenvalue weighted by Crippen LogP contribution is -2.17. The van der Waals surface area contributed by atoms with Crippen LogP contribution in [-0.4, -0.2) is 11.1 Å². The molecule has 1 fully saturated rings. The lowest BCUT2D eigenvalue weighted by Gasteiger charge is -1.94. The number of thioether (sulfide) groups is 1. The average molecular weight is 230 g/mol. The van der Waals surface area contributed by atoms with Gasteiger partial charge < -0.3 is 0 Å². The van der Waals surface area contributed by atoms with Crippen molar-refractivity contribution in [2.45, 2.75) is 0 Å². The van der Waals surface area contributed by atoms with Gasteiger partial charge in [0.15, 0.2) is 0 Å². The second-order valence-electron chi connectivity index (χ2n) is 3.09. The molecule has 2 rings (SSSR count). The Balaban J connectivity index is 2.26. The normalized spacial score (nSPS) is 17.3. The molecule has 4 nitrogen and oxygen atoms in total. The van der Waals surface area contributed by atoms with E-state index < -0.39 is 0 Å². The maximum Gasteiger partial charge on any atom is 0.290 e. The van der Waals surface area contributed by atoms with Crippen molar-refractivity contribution in [3.63, 3.8) is 0 Å². The van der Waals surface area contributed by atoms with Gasteiger partial charge >= 0.3 is 0 Å². The molecule has 0 radical (unpaired) electrons. The van der Waals surface area contributed by atoms with Crippen molar-refractivity contribution in [3.8, 4) is 6.07 Å². The van der Waals surface area contributed by atoms with Gasteiger partial charge in [0.05, 0.1) is 16.5 Å². The van der Waals surface area contributed by atoms with Crippen LogP contribution < -0.4 is 5.32 Å². The van der Waals surface area contributed by atoms with Crippen LogP contribution in [0.4, 0.5) is 4.79 Å². The smallest absolute Gasteiger partial charge is 0.282 e. The fraction of sp³-hybridized carbons (Fsp3) is 0. The van der Waals surface area contributed by atoms with Crippen LogP contribution in [0.1, 0.15) is 11.1 Å². The van der Waals surface area contributed by atoms with Gasteiger partial charge in [0.25, 0.3) is 11.1 Å². The van der Waals surface area contributed by atoms with Crippen LogP contribution in [0.3, 0.4) is 0 Å². The largest absolute Gasteiger partial charge is 0.290 e. The van der Waals surface area contributed by atoms with Crippen molar-refractivity contribution in [1.29, 1.82) is 5.26 Å². The highest BCUT2D eigenvalue weighted by Crippen LogP contribution is 2.25. The molecule has 1 heterocycles. The summed E-state index contributed by atoms with van der Waals surface area (Å²) in [7, 11) is 0. The number of rotatable bonds is 1. The second kappa shape index (κ2) is 4.21. The summed E-state index contributed by atoms with van der Waals surface area (Å²) in [5.74, 6) is -0.376. The molecule has 0 unspecified atom stereocenters. The summed E-state index contributed by atoms with van der Waals surface area (Å²) in [4.78, 5) is 22.5. The van der Waals surface area contributed by atoms with Gasteiger partial charge in [-0.1, -0.05) is 12.1 Å². The number of nitrogens with one attached hydrogen (secondary N) is 1. The lowest BCUT2D eigenvalue weighted by molar-refractivity contribution is -0.115. The zero-order valence-electron chi connectivity index (χ0n) is 8.06. The van der Waals surface area contributed by atoms with Crippen LogP contribution in [0, 0.1) is 11.3 Å². The van der Waals surface area contributed by atoms with Crippen molar-refractivity contribution in [3.05, 3.63) is 40.3 Å². The molecule has 16 heavy (non-hydrogen) atoms. The second-order valence-corrected chi connectivity index (χ2v) is 4.10. The van der Waals surface area contributed by atoms with Crippen LogP contribution in [-0.2, 0) is 4.79 Å². The standard InChI is InChI=1S/C11H6N2O2S/c12-6-8-3-1-7(2-4-8)5-9-10(14)13-11(15)16-9/h1-5H,(H,13,14,15). The average Bonchev–Trinajstić information content (AvgIpc) is 2.59. The number of carbonyl (C=O) groups is 2. The molecule has 1 aromatic rings. The first-order chi connectivity index (χ1) is 7.69. The maximum atomic E-state index is 11.2. The predicted octanol–water partition coefficient (Wildman–Crippen LogP) is 1.88. The van der Waals surface area contributed by atoms with Crippen molar-refractivity contribution >= 4 is 29.0 Å². The van der Waals surface area contributed by atoms with Gasteiger partial charge in [-0.25, -0.2) is 0 Å². The minimum absolute atomic E-state index is 0.357. The van der Waals surface area contributed by atoms with E-state index in [-0.39, 0.29) is 11.1 Å². The number of nitrogens with zero attached hydrogens (tertiary/aromatic N) is 1. The molecular formula is C11H6N2O2S. The molecule has 1 saturated heterocycles. The number of benzene rings is 1. The molecule has 1 aliphatic heterocycles. The number of imide groups is 1. The number of nitriles is 1. The zero-order valence-corrected chi connectivity index (χ0v) is 8.88. The third kappa shape index (κ3) is 2.12. The first-order valence-corrected chi connectivity index (χ1v) is 5.26. The van der Waals surface area contributed by atoms with E-state index in [2.05, 4.69) is 5.32 Å². The van der Waals surface area contributed by atoms with Crippen molar-refractivity contribution in [2.24, 2.45) is 0 Å². The summed E-state index contributed by atoms with van der Waals surface area (Å²) in [6, 6.07) is 8.77. The van der Waals surface area contributed by atoms with E-state index in [1.54, 1.807) is 30.3 Å². The summed E-state index contributed by atoms with van der Waals surface area (Å²) in [5, 5.41) is 10.4. The molecule has 0 aromatic heterocycles. The Morgan fingerprint density at radius 1 is 1.25 bits per heavy atom. The SMILES string of the molecule is N#Cc1ccc(C=C2SC(=O)NC2=O)cc1. The Hall–Kier alpha value is -2.06. The molecule has 1 N–H and O–H groups in total. The highest BCUT2D eigenvalue weighted by Gasteiger charge is 2.24. The van der Waals surface area contributed by atoms with Gasteiger partial charge in [0.1, 0.15) is 0 Å². The molecule has 0 atom stereocenters. The van der Waals surface area contributed by atoms with Crippen LogP contribution in [0.2, 0.25) is 0 Å². The molecule has 0 bridgehead atoms. The molecule has 5 heteroatoms. The Morgan fingerprint density at radius 3 is 2.44 bits per heavy atom. The Labute approximate surface area is 95.9 Å². The molecule has 0 aliphatic carbocycles. The maximum absolute atomic E-state index is 11.2. The number of carbonyl (C=O) groups excluding carboxylic acids is 2. The topological polar surface area (TPSA) is 70.0 Å². The van der Waals surface area contributed by atoms with Crippen LogP contribution in [0.15, 0.2) is 29.2 Å². The van der Waals surface area contributed by atoms with Crippen molar-refractivity contribution in [1.82, 2.24) is 5.32 Å². The van der Waals surface area contributed by atoms with E-state index in [0.29, 0.717) is 10.5 Å². The summed E-state index contributed by atoms with van der Waals surface area (Å²) in [6.07, 6.45) is 1.62. The lowest BCUT2D eigenvalue weighted by atomic mass is 10.1. The fourth-order valence-electron chi connectivity index (χ4n) is 1.23. The number of hydrogen-bond donors (Lipinski definition) is 1. The molecule has 2 amide bonds. The third-order valence-corrected chi connectivity index (χ3v) is 2.79. The zero-order chi connectivity index (χ0) is 11.5. The number of amides is 2. The molecular weight excluding hydrogens is 224 g/mol. The van der Waals surface area contributed by atoms with E-state index in [1.807, 2.05) is 6.07 Å². The summed E-state index contributed by atoms with van der Waals surface area (Å²) in [5.41, 5.74) is 1.34. The van der Waals surface area contributed by atoms with Gasteiger partial charge in [0, 0.05) is 0 Å². The molecule has 78 valence electrons. The fourth-order valence-corrected chi connectivity index (χ4v) is 1.91. The predicted molar refractivity (Wildman–Crippen MR) is 60.3 cm³/mol. The van der Waals surface area contributed by atoms with E-state index in [4.69, 9.17) is 5.26 Å². The van der Waals surface area contributed by atoms with Crippen LogP contribution >= 0.6 is 11.8 Å². The van der Waals surface area contributed by atoms with Gasteiger partial charge in [-0.05, 0) is 35.5 Å². The highest BCUT2D eigenvalue weighted by atomic mass is 32.2.